The molecule has 3 heterocycles. The van der Waals surface area contributed by atoms with E-state index < -0.39 is 24.3 Å². The number of benzene rings is 1. The maximum atomic E-state index is 11.6. The summed E-state index contributed by atoms with van der Waals surface area (Å²) in [4.78, 5) is 27.0. The zero-order chi connectivity index (χ0) is 32.0. The molecular formula is C27H29F6N5O5. The van der Waals surface area contributed by atoms with Gasteiger partial charge in [0.15, 0.2) is 0 Å². The normalized spacial score (nSPS) is 21.4. The number of rotatable bonds is 2. The number of aliphatic carboxylic acids is 2. The van der Waals surface area contributed by atoms with Crippen LogP contribution in [-0.4, -0.2) is 94.9 Å². The minimum absolute atomic E-state index is 0.0698. The Hall–Kier alpha value is -3.94. The van der Waals surface area contributed by atoms with E-state index in [1.165, 1.54) is 11.1 Å². The smallest absolute Gasteiger partial charge is 0.475 e. The van der Waals surface area contributed by atoms with Gasteiger partial charge in [-0.05, 0) is 49.2 Å². The van der Waals surface area contributed by atoms with Gasteiger partial charge in [0.1, 0.15) is 11.9 Å². The van der Waals surface area contributed by atoms with E-state index in [2.05, 4.69) is 50.4 Å². The van der Waals surface area contributed by atoms with Gasteiger partial charge in [0.25, 0.3) is 0 Å². The second kappa shape index (κ2) is 13.6. The fourth-order valence-corrected chi connectivity index (χ4v) is 5.54. The van der Waals surface area contributed by atoms with Crippen molar-refractivity contribution in [3.05, 3.63) is 59.3 Å². The summed E-state index contributed by atoms with van der Waals surface area (Å²) in [6.45, 7) is 5.47. The molecule has 3 aliphatic rings. The Morgan fingerprint density at radius 1 is 0.930 bits per heavy atom. The second-order valence-electron chi connectivity index (χ2n) is 10.0. The molecular weight excluding hydrogens is 588 g/mol. The number of nitrogens with one attached hydrogen (secondary N) is 1. The summed E-state index contributed by atoms with van der Waals surface area (Å²) in [5.74, 6) is -4.59. The quantitative estimate of drug-likeness (QED) is 0.371. The molecule has 1 spiro atoms. The average molecular weight is 618 g/mol. The molecule has 2 fully saturated rings. The van der Waals surface area contributed by atoms with Crippen molar-refractivity contribution in [3.8, 4) is 6.07 Å². The van der Waals surface area contributed by atoms with Gasteiger partial charge in [0.05, 0.1) is 17.7 Å². The highest BCUT2D eigenvalue weighted by molar-refractivity contribution is 5.73. The number of alkyl halides is 6. The third kappa shape index (κ3) is 7.92. The maximum Gasteiger partial charge on any atom is 0.490 e. The van der Waals surface area contributed by atoms with Crippen LogP contribution in [-0.2, 0) is 15.0 Å². The first-order valence-corrected chi connectivity index (χ1v) is 13.1. The number of piperazine rings is 1. The van der Waals surface area contributed by atoms with E-state index in [0.29, 0.717) is 5.56 Å². The number of carbonyl (C=O) groups is 2. The standard InChI is InChI=1S/C23H27N5O.2C2HF3O2/c24-15-17-5-6-20(26-16-17)27-11-13-28(14-12-27)21-18-3-1-2-4-19(18)23(22(21)29)7-9-25-10-8-23;2*3-2(4,5)1(6)7/h1-6,16,21-22,25,29H,7-14H2;2*(H,6,7)/t21-,22+;;/m1../s1. The Balaban J connectivity index is 0.000000303. The van der Waals surface area contributed by atoms with Gasteiger partial charge < -0.3 is 25.5 Å². The number of hydrogen-bond donors (Lipinski definition) is 4. The highest BCUT2D eigenvalue weighted by Crippen LogP contribution is 2.52. The molecule has 1 aromatic carbocycles. The number of nitrogens with zero attached hydrogens (tertiary/aromatic N) is 4. The molecule has 10 nitrogen and oxygen atoms in total. The van der Waals surface area contributed by atoms with Crippen LogP contribution in [0.15, 0.2) is 42.6 Å². The van der Waals surface area contributed by atoms with Gasteiger partial charge in [0.2, 0.25) is 0 Å². The monoisotopic (exact) mass is 617 g/mol. The van der Waals surface area contributed by atoms with Gasteiger partial charge in [-0.25, -0.2) is 14.6 Å². The van der Waals surface area contributed by atoms with Crippen molar-refractivity contribution in [1.29, 1.82) is 5.26 Å². The first-order valence-electron chi connectivity index (χ1n) is 13.1. The lowest BCUT2D eigenvalue weighted by Crippen LogP contribution is -2.53. The van der Waals surface area contributed by atoms with Gasteiger partial charge in [-0.1, -0.05) is 24.3 Å². The Morgan fingerprint density at radius 3 is 1.93 bits per heavy atom. The van der Waals surface area contributed by atoms with Gasteiger partial charge in [-0.15, -0.1) is 0 Å². The Labute approximate surface area is 242 Å². The lowest BCUT2D eigenvalue weighted by Gasteiger charge is -2.43. The molecule has 1 aliphatic carbocycles. The molecule has 1 aromatic heterocycles. The van der Waals surface area contributed by atoms with Crippen LogP contribution < -0.4 is 10.2 Å². The van der Waals surface area contributed by atoms with Crippen molar-refractivity contribution in [2.45, 2.75) is 42.8 Å². The van der Waals surface area contributed by atoms with Crippen molar-refractivity contribution >= 4 is 17.8 Å². The summed E-state index contributed by atoms with van der Waals surface area (Å²) in [6, 6.07) is 14.6. The molecule has 0 radical (unpaired) electrons. The van der Waals surface area contributed by atoms with Crippen molar-refractivity contribution in [3.63, 3.8) is 0 Å². The van der Waals surface area contributed by atoms with Crippen LogP contribution in [0.2, 0.25) is 0 Å². The van der Waals surface area contributed by atoms with Crippen molar-refractivity contribution < 1.29 is 51.3 Å². The summed E-state index contributed by atoms with van der Waals surface area (Å²) in [6.07, 6.45) is -6.89. The number of fused-ring (bicyclic) bond motifs is 2. The molecule has 5 rings (SSSR count). The number of aliphatic hydroxyl groups is 1. The van der Waals surface area contributed by atoms with Crippen LogP contribution in [0.4, 0.5) is 32.2 Å². The summed E-state index contributed by atoms with van der Waals surface area (Å²) < 4.78 is 63.5. The SMILES string of the molecule is N#Cc1ccc(N2CCN([C@@H]3c4ccccc4C4(CCNCC4)[C@H]3O)CC2)nc1.O=C(O)C(F)(F)F.O=C(O)C(F)(F)F. The van der Waals surface area contributed by atoms with Gasteiger partial charge >= 0.3 is 24.3 Å². The predicted octanol–water partition coefficient (Wildman–Crippen LogP) is 3.08. The van der Waals surface area contributed by atoms with Gasteiger partial charge in [-0.2, -0.15) is 31.6 Å². The van der Waals surface area contributed by atoms with E-state index in [-0.39, 0.29) is 17.6 Å². The Morgan fingerprint density at radius 2 is 1.47 bits per heavy atom. The number of piperidine rings is 1. The van der Waals surface area contributed by atoms with E-state index in [1.807, 2.05) is 12.1 Å². The van der Waals surface area contributed by atoms with Crippen LogP contribution in [0.25, 0.3) is 0 Å². The van der Waals surface area contributed by atoms with Crippen molar-refractivity contribution in [2.24, 2.45) is 0 Å². The molecule has 2 aliphatic heterocycles. The lowest BCUT2D eigenvalue weighted by molar-refractivity contribution is -0.193. The number of halogens is 6. The van der Waals surface area contributed by atoms with Crippen LogP contribution in [0.1, 0.15) is 35.6 Å². The summed E-state index contributed by atoms with van der Waals surface area (Å²) >= 11 is 0. The van der Waals surface area contributed by atoms with Gasteiger partial charge in [-0.3, -0.25) is 4.90 Å². The van der Waals surface area contributed by atoms with E-state index in [0.717, 1.165) is 57.9 Å². The molecule has 0 saturated carbocycles. The number of anilines is 1. The minimum atomic E-state index is -5.08. The molecule has 2 aromatic rings. The number of hydrogen-bond acceptors (Lipinski definition) is 8. The van der Waals surface area contributed by atoms with E-state index >= 15 is 0 Å². The summed E-state index contributed by atoms with van der Waals surface area (Å²) in [5, 5.41) is 38.2. The zero-order valence-corrected chi connectivity index (χ0v) is 22.6. The average Bonchev–Trinajstić information content (AvgIpc) is 3.20. The first kappa shape index (κ1) is 33.6. The molecule has 2 saturated heterocycles. The molecule has 2 atom stereocenters. The summed E-state index contributed by atoms with van der Waals surface area (Å²) in [5.41, 5.74) is 3.14. The van der Waals surface area contributed by atoms with E-state index in [1.54, 1.807) is 6.20 Å². The third-order valence-electron chi connectivity index (χ3n) is 7.57. The topological polar surface area (TPSA) is 150 Å². The maximum absolute atomic E-state index is 11.6. The molecule has 0 amide bonds. The van der Waals surface area contributed by atoms with Crippen LogP contribution in [0, 0.1) is 11.3 Å². The molecule has 234 valence electrons. The van der Waals surface area contributed by atoms with Crippen LogP contribution in [0.5, 0.6) is 0 Å². The van der Waals surface area contributed by atoms with E-state index in [4.69, 9.17) is 25.1 Å². The van der Waals surface area contributed by atoms with Crippen molar-refractivity contribution in [2.75, 3.05) is 44.2 Å². The fourth-order valence-electron chi connectivity index (χ4n) is 5.54. The van der Waals surface area contributed by atoms with E-state index in [9.17, 15) is 31.4 Å². The molecule has 0 unspecified atom stereocenters. The molecule has 0 bridgehead atoms. The number of pyridine rings is 1. The number of carboxylic acids is 2. The number of aliphatic hydroxyl groups excluding tert-OH is 1. The zero-order valence-electron chi connectivity index (χ0n) is 22.6. The summed E-state index contributed by atoms with van der Waals surface area (Å²) in [7, 11) is 0. The predicted molar refractivity (Wildman–Crippen MR) is 139 cm³/mol. The molecule has 43 heavy (non-hydrogen) atoms. The molecule has 16 heteroatoms. The minimum Gasteiger partial charge on any atom is -0.475 e. The largest absolute Gasteiger partial charge is 0.490 e. The third-order valence-corrected chi connectivity index (χ3v) is 7.57. The molecule has 4 N–H and O–H groups in total. The Kier molecular flexibility index (Phi) is 10.6. The highest BCUT2D eigenvalue weighted by Gasteiger charge is 2.53. The number of aromatic nitrogens is 1. The Bertz CT molecular complexity index is 1280. The van der Waals surface area contributed by atoms with Crippen LogP contribution >= 0.6 is 0 Å². The lowest BCUT2D eigenvalue weighted by atomic mass is 9.72. The van der Waals surface area contributed by atoms with Crippen molar-refractivity contribution in [1.82, 2.24) is 15.2 Å². The fraction of sp³-hybridized carbons (Fsp3) is 0.481. The number of nitriles is 1. The van der Waals surface area contributed by atoms with Gasteiger partial charge in [0, 0.05) is 37.8 Å². The van der Waals surface area contributed by atoms with Crippen LogP contribution in [0.3, 0.4) is 0 Å². The second-order valence-corrected chi connectivity index (χ2v) is 10.0. The first-order chi connectivity index (χ1) is 20.1. The highest BCUT2D eigenvalue weighted by atomic mass is 19.4. The number of carboxylic acid groups (broad SMARTS) is 2.